The lowest BCUT2D eigenvalue weighted by atomic mass is 9.96. The van der Waals surface area contributed by atoms with E-state index in [1.54, 1.807) is 6.07 Å². The predicted octanol–water partition coefficient (Wildman–Crippen LogP) is 4.19. The Bertz CT molecular complexity index is 1060. The molecule has 9 heteroatoms. The van der Waals surface area contributed by atoms with Crippen LogP contribution in [0.25, 0.3) is 11.5 Å². The number of aryl methyl sites for hydroxylation is 1. The molecule has 0 fully saturated rings. The average Bonchev–Trinajstić information content (AvgIpc) is 3.13. The number of carbonyl (C=O) groups excluding carboxylic acids is 1. The Kier molecular flexibility index (Phi) is 4.81. The summed E-state index contributed by atoms with van der Waals surface area (Å²) in [6, 6.07) is 3.45. The Morgan fingerprint density at radius 1 is 1.31 bits per heavy atom. The summed E-state index contributed by atoms with van der Waals surface area (Å²) in [5.74, 6) is -3.38. The second-order valence-corrected chi connectivity index (χ2v) is 6.96. The summed E-state index contributed by atoms with van der Waals surface area (Å²) >= 11 is 0. The topological polar surface area (TPSA) is 80.9 Å². The van der Waals surface area contributed by atoms with Crippen molar-refractivity contribution in [3.8, 4) is 11.5 Å². The molecule has 0 unspecified atom stereocenters. The molecule has 3 heterocycles. The summed E-state index contributed by atoms with van der Waals surface area (Å²) in [5.41, 5.74) is 0.648. The monoisotopic (exact) mass is 402 g/mol. The SMILES string of the molecule is CC(F)(F)c1cc(-c2nc3c(o2)CCC[C@H]3NC(=O)c2cncc(F)c2)ccn1. The van der Waals surface area contributed by atoms with Gasteiger partial charge in [-0.1, -0.05) is 0 Å². The molecule has 1 aliphatic rings. The molecule has 0 saturated heterocycles. The van der Waals surface area contributed by atoms with Gasteiger partial charge in [0.1, 0.15) is 23.0 Å². The number of nitrogens with zero attached hydrogens (tertiary/aromatic N) is 3. The first kappa shape index (κ1) is 19.1. The standard InChI is InChI=1S/C20H17F3N4O2/c1-20(22,23)16-8-11(5-6-25-16)19-27-17-14(3-2-4-15(17)29-19)26-18(28)12-7-13(21)10-24-9-12/h5-10,14H,2-4H2,1H3,(H,26,28)/t14-/m1/s1. The van der Waals surface area contributed by atoms with Crippen LogP contribution in [0, 0.1) is 5.82 Å². The third kappa shape index (κ3) is 3.98. The molecule has 4 rings (SSSR count). The first-order chi connectivity index (χ1) is 13.8. The number of rotatable bonds is 4. The smallest absolute Gasteiger partial charge is 0.286 e. The van der Waals surface area contributed by atoms with Gasteiger partial charge in [-0.2, -0.15) is 8.78 Å². The first-order valence-electron chi connectivity index (χ1n) is 9.07. The van der Waals surface area contributed by atoms with E-state index in [1.165, 1.54) is 18.5 Å². The van der Waals surface area contributed by atoms with Gasteiger partial charge in [0.15, 0.2) is 0 Å². The number of fused-ring (bicyclic) bond motifs is 1. The summed E-state index contributed by atoms with van der Waals surface area (Å²) in [6.45, 7) is 0.770. The Balaban J connectivity index is 1.61. The van der Waals surface area contributed by atoms with E-state index in [4.69, 9.17) is 4.42 Å². The minimum atomic E-state index is -3.09. The zero-order chi connectivity index (χ0) is 20.6. The lowest BCUT2D eigenvalue weighted by Gasteiger charge is -2.21. The molecule has 0 radical (unpaired) electrons. The van der Waals surface area contributed by atoms with Crippen molar-refractivity contribution < 1.29 is 22.4 Å². The number of pyridine rings is 2. The van der Waals surface area contributed by atoms with Crippen LogP contribution in [0.3, 0.4) is 0 Å². The van der Waals surface area contributed by atoms with Crippen molar-refractivity contribution in [2.24, 2.45) is 0 Å². The zero-order valence-corrected chi connectivity index (χ0v) is 15.5. The number of aromatic nitrogens is 3. The van der Waals surface area contributed by atoms with Crippen LogP contribution in [0.4, 0.5) is 13.2 Å². The Labute approximate surface area is 164 Å². The lowest BCUT2D eigenvalue weighted by Crippen LogP contribution is -2.31. The van der Waals surface area contributed by atoms with E-state index in [1.807, 2.05) is 0 Å². The van der Waals surface area contributed by atoms with Crippen molar-refractivity contribution in [3.63, 3.8) is 0 Å². The maximum absolute atomic E-state index is 13.6. The van der Waals surface area contributed by atoms with E-state index in [2.05, 4.69) is 20.3 Å². The summed E-state index contributed by atoms with van der Waals surface area (Å²) in [6.07, 6.45) is 5.58. The van der Waals surface area contributed by atoms with Gasteiger partial charge < -0.3 is 9.73 Å². The molecule has 1 atom stereocenters. The highest BCUT2D eigenvalue weighted by atomic mass is 19.3. The third-order valence-corrected chi connectivity index (χ3v) is 4.68. The Hall–Kier alpha value is -3.23. The van der Waals surface area contributed by atoms with Crippen LogP contribution < -0.4 is 5.32 Å². The van der Waals surface area contributed by atoms with Gasteiger partial charge in [0.25, 0.3) is 11.8 Å². The number of amides is 1. The molecule has 3 aromatic rings. The zero-order valence-electron chi connectivity index (χ0n) is 15.5. The van der Waals surface area contributed by atoms with Crippen LogP contribution in [0.2, 0.25) is 0 Å². The Morgan fingerprint density at radius 2 is 2.14 bits per heavy atom. The first-order valence-corrected chi connectivity index (χ1v) is 9.07. The normalized spacial score (nSPS) is 16.3. The van der Waals surface area contributed by atoms with Gasteiger partial charge >= 0.3 is 0 Å². The summed E-state index contributed by atoms with van der Waals surface area (Å²) in [7, 11) is 0. The van der Waals surface area contributed by atoms with Crippen LogP contribution in [0.5, 0.6) is 0 Å². The highest BCUT2D eigenvalue weighted by Crippen LogP contribution is 2.34. The highest BCUT2D eigenvalue weighted by molar-refractivity contribution is 5.94. The largest absolute Gasteiger partial charge is 0.441 e. The van der Waals surface area contributed by atoms with Gasteiger partial charge in [-0.3, -0.25) is 14.8 Å². The van der Waals surface area contributed by atoms with Crippen molar-refractivity contribution >= 4 is 5.91 Å². The lowest BCUT2D eigenvalue weighted by molar-refractivity contribution is 0.0128. The molecule has 0 aliphatic heterocycles. The molecule has 6 nitrogen and oxygen atoms in total. The number of halogens is 3. The predicted molar refractivity (Wildman–Crippen MR) is 96.6 cm³/mol. The molecule has 1 amide bonds. The summed E-state index contributed by atoms with van der Waals surface area (Å²) in [4.78, 5) is 24.3. The van der Waals surface area contributed by atoms with Crippen molar-refractivity contribution in [3.05, 3.63) is 65.3 Å². The fourth-order valence-electron chi connectivity index (χ4n) is 3.26. The average molecular weight is 402 g/mol. The third-order valence-electron chi connectivity index (χ3n) is 4.68. The van der Waals surface area contributed by atoms with Crippen LogP contribution in [0.15, 0.2) is 41.2 Å². The van der Waals surface area contributed by atoms with Crippen molar-refractivity contribution in [1.29, 1.82) is 0 Å². The van der Waals surface area contributed by atoms with Gasteiger partial charge in [-0.25, -0.2) is 9.37 Å². The fraction of sp³-hybridized carbons (Fsp3) is 0.300. The number of carbonyl (C=O) groups is 1. The number of nitrogens with one attached hydrogen (secondary N) is 1. The fourth-order valence-corrected chi connectivity index (χ4v) is 3.26. The van der Waals surface area contributed by atoms with Gasteiger partial charge in [-0.05, 0) is 31.0 Å². The van der Waals surface area contributed by atoms with Gasteiger partial charge in [0, 0.05) is 31.3 Å². The van der Waals surface area contributed by atoms with Crippen molar-refractivity contribution in [2.75, 3.05) is 0 Å². The van der Waals surface area contributed by atoms with Crippen LogP contribution >= 0.6 is 0 Å². The molecule has 1 aliphatic carbocycles. The van der Waals surface area contributed by atoms with Crippen LogP contribution in [-0.2, 0) is 12.3 Å². The molecule has 150 valence electrons. The van der Waals surface area contributed by atoms with E-state index in [0.717, 1.165) is 25.6 Å². The van der Waals surface area contributed by atoms with E-state index in [-0.39, 0.29) is 17.1 Å². The molecule has 0 spiro atoms. The molecule has 29 heavy (non-hydrogen) atoms. The van der Waals surface area contributed by atoms with E-state index in [9.17, 15) is 18.0 Å². The number of alkyl halides is 2. The van der Waals surface area contributed by atoms with Crippen molar-refractivity contribution in [2.45, 2.75) is 38.2 Å². The molecular formula is C20H17F3N4O2. The van der Waals surface area contributed by atoms with Crippen molar-refractivity contribution in [1.82, 2.24) is 20.3 Å². The second-order valence-electron chi connectivity index (χ2n) is 6.96. The number of oxazole rings is 1. The molecule has 3 aromatic heterocycles. The van der Waals surface area contributed by atoms with Gasteiger partial charge in [0.2, 0.25) is 5.89 Å². The van der Waals surface area contributed by atoms with Crippen LogP contribution in [0.1, 0.15) is 53.3 Å². The number of hydrogen-bond donors (Lipinski definition) is 1. The van der Waals surface area contributed by atoms with Crippen LogP contribution in [-0.4, -0.2) is 20.9 Å². The second kappa shape index (κ2) is 7.31. The summed E-state index contributed by atoms with van der Waals surface area (Å²) in [5, 5.41) is 2.82. The van der Waals surface area contributed by atoms with E-state index in [0.29, 0.717) is 29.9 Å². The quantitative estimate of drug-likeness (QED) is 0.708. The highest BCUT2D eigenvalue weighted by Gasteiger charge is 2.30. The number of hydrogen-bond acceptors (Lipinski definition) is 5. The minimum Gasteiger partial charge on any atom is -0.441 e. The maximum atomic E-state index is 13.6. The van der Waals surface area contributed by atoms with Gasteiger partial charge in [-0.15, -0.1) is 0 Å². The molecular weight excluding hydrogens is 385 g/mol. The molecule has 0 aromatic carbocycles. The maximum Gasteiger partial charge on any atom is 0.286 e. The minimum absolute atomic E-state index is 0.102. The molecule has 1 N–H and O–H groups in total. The molecule has 0 saturated carbocycles. The van der Waals surface area contributed by atoms with E-state index < -0.39 is 23.7 Å². The van der Waals surface area contributed by atoms with E-state index >= 15 is 0 Å². The Morgan fingerprint density at radius 3 is 2.90 bits per heavy atom. The molecule has 0 bridgehead atoms. The summed E-state index contributed by atoms with van der Waals surface area (Å²) < 4.78 is 46.3. The van der Waals surface area contributed by atoms with Gasteiger partial charge in [0.05, 0.1) is 17.8 Å².